The van der Waals surface area contributed by atoms with Gasteiger partial charge in [-0.25, -0.2) is 0 Å². The quantitative estimate of drug-likeness (QED) is 0.768. The van der Waals surface area contributed by atoms with Gasteiger partial charge in [-0.3, -0.25) is 4.98 Å². The molecule has 78 valence electrons. The topological polar surface area (TPSA) is 22.1 Å². The molecule has 1 aromatic carbocycles. The molecule has 0 spiro atoms. The minimum Gasteiger partial charge on any atom is -0.495 e. The molecule has 1 aromatic heterocycles. The maximum atomic E-state index is 6.02. The summed E-state index contributed by atoms with van der Waals surface area (Å²) in [4.78, 5) is 4.14. The zero-order chi connectivity index (χ0) is 11.0. The molecule has 0 saturated heterocycles. The molecule has 0 aliphatic heterocycles. The highest BCUT2D eigenvalue weighted by molar-refractivity contribution is 6.45. The van der Waals surface area contributed by atoms with E-state index in [1.165, 1.54) is 6.20 Å². The average Bonchev–Trinajstić information content (AvgIpc) is 2.24. The molecule has 1 heterocycles. The van der Waals surface area contributed by atoms with Crippen molar-refractivity contribution in [2.75, 3.05) is 7.11 Å². The lowest BCUT2D eigenvalue weighted by molar-refractivity contribution is 0.415. The second-order valence-electron chi connectivity index (χ2n) is 2.92. The molecule has 0 aliphatic carbocycles. The second-order valence-corrected chi connectivity index (χ2v) is 4.12. The monoisotopic (exact) mass is 261 g/mol. The highest BCUT2D eigenvalue weighted by atomic mass is 35.5. The lowest BCUT2D eigenvalue weighted by Gasteiger charge is -2.06. The van der Waals surface area contributed by atoms with Crippen molar-refractivity contribution in [3.05, 3.63) is 33.4 Å². The van der Waals surface area contributed by atoms with E-state index in [1.54, 1.807) is 19.2 Å². The molecule has 0 amide bonds. The molecule has 0 unspecified atom stereocenters. The van der Waals surface area contributed by atoms with E-state index < -0.39 is 0 Å². The Balaban J connectivity index is 2.81. The number of pyridine rings is 1. The normalized spacial score (nSPS) is 10.7. The summed E-state index contributed by atoms with van der Waals surface area (Å²) in [5.41, 5.74) is 0.700. The molecule has 5 heteroatoms. The van der Waals surface area contributed by atoms with Crippen LogP contribution < -0.4 is 4.74 Å². The number of fused-ring (bicyclic) bond motifs is 1. The number of hydrogen-bond acceptors (Lipinski definition) is 2. The molecule has 0 saturated carbocycles. The van der Waals surface area contributed by atoms with Crippen molar-refractivity contribution in [1.29, 1.82) is 0 Å². The van der Waals surface area contributed by atoms with Gasteiger partial charge in [0.25, 0.3) is 0 Å². The van der Waals surface area contributed by atoms with Gasteiger partial charge in [0.05, 0.1) is 27.7 Å². The van der Waals surface area contributed by atoms with Crippen LogP contribution in [0.3, 0.4) is 0 Å². The van der Waals surface area contributed by atoms with Crippen LogP contribution in [0.5, 0.6) is 5.75 Å². The number of ether oxygens (including phenoxy) is 1. The first-order chi connectivity index (χ1) is 7.13. The third-order valence-corrected chi connectivity index (χ3v) is 3.12. The molecule has 0 fully saturated rings. The summed E-state index contributed by atoms with van der Waals surface area (Å²) in [5.74, 6) is 0.565. The first-order valence-corrected chi connectivity index (χ1v) is 5.24. The molecule has 2 rings (SSSR count). The largest absolute Gasteiger partial charge is 0.495 e. The van der Waals surface area contributed by atoms with Gasteiger partial charge in [0.2, 0.25) is 0 Å². The van der Waals surface area contributed by atoms with Crippen LogP contribution in [0.4, 0.5) is 0 Å². The molecule has 0 aliphatic rings. The molecule has 15 heavy (non-hydrogen) atoms. The number of benzene rings is 1. The van der Waals surface area contributed by atoms with Crippen LogP contribution in [0.2, 0.25) is 15.1 Å². The van der Waals surface area contributed by atoms with E-state index in [9.17, 15) is 0 Å². The fourth-order valence-electron chi connectivity index (χ4n) is 1.29. The minimum absolute atomic E-state index is 0.408. The maximum absolute atomic E-state index is 6.02. The van der Waals surface area contributed by atoms with E-state index >= 15 is 0 Å². The number of rotatable bonds is 1. The summed E-state index contributed by atoms with van der Waals surface area (Å²) in [6.45, 7) is 0. The Kier molecular flexibility index (Phi) is 2.91. The van der Waals surface area contributed by atoms with Gasteiger partial charge in [0.15, 0.2) is 0 Å². The van der Waals surface area contributed by atoms with Crippen molar-refractivity contribution in [2.24, 2.45) is 0 Å². The number of nitrogens with zero attached hydrogens (tertiary/aromatic N) is 1. The Bertz CT molecular complexity index is 528. The summed E-state index contributed by atoms with van der Waals surface area (Å²) in [6.07, 6.45) is 1.50. The van der Waals surface area contributed by atoms with Gasteiger partial charge in [0, 0.05) is 17.6 Å². The smallest absolute Gasteiger partial charge is 0.139 e. The SMILES string of the molecule is COc1cc2ncc(Cl)c(Cl)c2cc1Cl. The van der Waals surface area contributed by atoms with Gasteiger partial charge in [-0.15, -0.1) is 0 Å². The third-order valence-electron chi connectivity index (χ3n) is 2.03. The Hall–Kier alpha value is -0.700. The third kappa shape index (κ3) is 1.85. The lowest BCUT2D eigenvalue weighted by atomic mass is 10.2. The Morgan fingerprint density at radius 3 is 2.53 bits per heavy atom. The maximum Gasteiger partial charge on any atom is 0.139 e. The van der Waals surface area contributed by atoms with Crippen molar-refractivity contribution in [3.8, 4) is 5.75 Å². The number of aromatic nitrogens is 1. The van der Waals surface area contributed by atoms with Crippen molar-refractivity contribution >= 4 is 45.7 Å². The number of halogens is 3. The first-order valence-electron chi connectivity index (χ1n) is 4.10. The predicted molar refractivity (Wildman–Crippen MR) is 63.3 cm³/mol. The Labute approximate surface area is 102 Å². The molecule has 2 nitrogen and oxygen atoms in total. The van der Waals surface area contributed by atoms with Gasteiger partial charge >= 0.3 is 0 Å². The van der Waals surface area contributed by atoms with Gasteiger partial charge in [0.1, 0.15) is 5.75 Å². The van der Waals surface area contributed by atoms with Crippen LogP contribution in [0.1, 0.15) is 0 Å². The van der Waals surface area contributed by atoms with Crippen LogP contribution in [0, 0.1) is 0 Å². The van der Waals surface area contributed by atoms with Crippen LogP contribution in [-0.4, -0.2) is 12.1 Å². The first kappa shape index (κ1) is 10.8. The molecular weight excluding hydrogens is 256 g/mol. The Morgan fingerprint density at radius 1 is 1.13 bits per heavy atom. The standard InChI is InChI=1S/C10H6Cl3NO/c1-15-9-3-8-5(2-6(9)11)10(13)7(12)4-14-8/h2-4H,1H3. The van der Waals surface area contributed by atoms with Crippen molar-refractivity contribution < 1.29 is 4.74 Å². The van der Waals surface area contributed by atoms with Crippen molar-refractivity contribution in [3.63, 3.8) is 0 Å². The number of hydrogen-bond donors (Lipinski definition) is 0. The van der Waals surface area contributed by atoms with Gasteiger partial charge in [-0.1, -0.05) is 34.8 Å². The van der Waals surface area contributed by atoms with E-state index in [0.717, 1.165) is 5.39 Å². The highest BCUT2D eigenvalue weighted by Crippen LogP contribution is 2.35. The minimum atomic E-state index is 0.408. The predicted octanol–water partition coefficient (Wildman–Crippen LogP) is 4.20. The Morgan fingerprint density at radius 2 is 1.87 bits per heavy atom. The van der Waals surface area contributed by atoms with E-state index in [4.69, 9.17) is 39.5 Å². The average molecular weight is 263 g/mol. The van der Waals surface area contributed by atoms with Crippen LogP contribution >= 0.6 is 34.8 Å². The molecule has 0 bridgehead atoms. The fraction of sp³-hybridized carbons (Fsp3) is 0.100. The zero-order valence-electron chi connectivity index (χ0n) is 7.72. The number of methoxy groups -OCH3 is 1. The molecule has 0 N–H and O–H groups in total. The molecule has 0 atom stereocenters. The van der Waals surface area contributed by atoms with Crippen molar-refractivity contribution in [1.82, 2.24) is 4.98 Å². The molecule has 2 aromatic rings. The van der Waals surface area contributed by atoms with E-state index in [-0.39, 0.29) is 0 Å². The summed E-state index contributed by atoms with van der Waals surface area (Å²) in [7, 11) is 1.55. The van der Waals surface area contributed by atoms with E-state index in [2.05, 4.69) is 4.98 Å². The van der Waals surface area contributed by atoms with Gasteiger partial charge in [-0.05, 0) is 6.07 Å². The summed E-state index contributed by atoms with van der Waals surface area (Å²) in [6, 6.07) is 3.41. The van der Waals surface area contributed by atoms with Crippen molar-refractivity contribution in [2.45, 2.75) is 0 Å². The van der Waals surface area contributed by atoms with E-state index in [1.807, 2.05) is 0 Å². The van der Waals surface area contributed by atoms with Crippen LogP contribution in [0.15, 0.2) is 18.3 Å². The van der Waals surface area contributed by atoms with E-state index in [0.29, 0.717) is 26.3 Å². The van der Waals surface area contributed by atoms with Crippen LogP contribution in [0.25, 0.3) is 10.9 Å². The summed E-state index contributed by atoms with van der Waals surface area (Å²) in [5, 5.41) is 2.06. The second kappa shape index (κ2) is 4.05. The molecular formula is C10H6Cl3NO. The highest BCUT2D eigenvalue weighted by Gasteiger charge is 2.09. The fourth-order valence-corrected chi connectivity index (χ4v) is 1.88. The zero-order valence-corrected chi connectivity index (χ0v) is 9.99. The summed E-state index contributed by atoms with van der Waals surface area (Å²) < 4.78 is 5.08. The van der Waals surface area contributed by atoms with Crippen LogP contribution in [-0.2, 0) is 0 Å². The molecule has 0 radical (unpaired) electrons. The lowest BCUT2D eigenvalue weighted by Crippen LogP contribution is -1.87. The van der Waals surface area contributed by atoms with Gasteiger partial charge in [-0.2, -0.15) is 0 Å². The van der Waals surface area contributed by atoms with Gasteiger partial charge < -0.3 is 4.74 Å². The summed E-state index contributed by atoms with van der Waals surface area (Å²) >= 11 is 17.8.